The molecule has 0 spiro atoms. The molecule has 0 aliphatic carbocycles. The van der Waals surface area contributed by atoms with Crippen LogP contribution in [-0.2, 0) is 19.5 Å². The largest absolute Gasteiger partial charge is 0.396 e. The molecule has 0 bridgehead atoms. The summed E-state index contributed by atoms with van der Waals surface area (Å²) in [5.41, 5.74) is 15.9. The lowest BCUT2D eigenvalue weighted by Crippen LogP contribution is -2.13. The molecule has 5 nitrogen and oxygen atoms in total. The number of hydrogen-bond acceptors (Lipinski definition) is 4. The number of aromatic amines is 1. The SMILES string of the molecule is CCNCc1cc(CC)cc(-c2ccc3n[nH]c(CNc4cccc(Cl)c4N)c3c2)c1C. The number of aromatic nitrogens is 2. The number of aryl methyl sites for hydroxylation is 1. The summed E-state index contributed by atoms with van der Waals surface area (Å²) in [7, 11) is 0. The van der Waals surface area contributed by atoms with E-state index in [-0.39, 0.29) is 0 Å². The Morgan fingerprint density at radius 2 is 1.91 bits per heavy atom. The van der Waals surface area contributed by atoms with Gasteiger partial charge in [-0.2, -0.15) is 5.10 Å². The van der Waals surface area contributed by atoms with Crippen molar-refractivity contribution in [2.24, 2.45) is 0 Å². The maximum atomic E-state index is 6.15. The van der Waals surface area contributed by atoms with Crippen LogP contribution in [0, 0.1) is 6.92 Å². The summed E-state index contributed by atoms with van der Waals surface area (Å²) < 4.78 is 0. The molecule has 0 atom stereocenters. The Hall–Kier alpha value is -3.02. The van der Waals surface area contributed by atoms with Crippen molar-refractivity contribution in [3.8, 4) is 11.1 Å². The Morgan fingerprint density at radius 3 is 2.69 bits per heavy atom. The predicted molar refractivity (Wildman–Crippen MR) is 136 cm³/mol. The fourth-order valence-electron chi connectivity index (χ4n) is 4.03. The zero-order valence-electron chi connectivity index (χ0n) is 18.8. The Bertz CT molecular complexity index is 1240. The minimum Gasteiger partial charge on any atom is -0.396 e. The Kier molecular flexibility index (Phi) is 6.68. The van der Waals surface area contributed by atoms with Crippen molar-refractivity contribution < 1.29 is 0 Å². The molecule has 1 heterocycles. The van der Waals surface area contributed by atoms with Gasteiger partial charge in [-0.1, -0.05) is 49.7 Å². The fraction of sp³-hybridized carbons (Fsp3) is 0.269. The van der Waals surface area contributed by atoms with Gasteiger partial charge in [-0.3, -0.25) is 5.10 Å². The van der Waals surface area contributed by atoms with Crippen LogP contribution in [0.3, 0.4) is 0 Å². The minimum atomic E-state index is 0.548. The number of halogens is 1. The summed E-state index contributed by atoms with van der Waals surface area (Å²) in [5, 5.41) is 16.2. The molecule has 6 heteroatoms. The van der Waals surface area contributed by atoms with E-state index in [1.165, 1.54) is 27.8 Å². The lowest BCUT2D eigenvalue weighted by Gasteiger charge is -2.15. The van der Waals surface area contributed by atoms with E-state index in [1.54, 1.807) is 6.07 Å². The Balaban J connectivity index is 1.69. The number of hydrogen-bond donors (Lipinski definition) is 4. The molecule has 0 saturated heterocycles. The van der Waals surface area contributed by atoms with Crippen LogP contribution in [0.1, 0.15) is 36.2 Å². The van der Waals surface area contributed by atoms with Gasteiger partial charge >= 0.3 is 0 Å². The summed E-state index contributed by atoms with van der Waals surface area (Å²) in [6, 6.07) is 16.7. The first kappa shape index (κ1) is 22.2. The van der Waals surface area contributed by atoms with Gasteiger partial charge in [0.05, 0.1) is 34.2 Å². The van der Waals surface area contributed by atoms with E-state index < -0.39 is 0 Å². The molecule has 0 radical (unpaired) electrons. The first-order valence-corrected chi connectivity index (χ1v) is 11.5. The monoisotopic (exact) mass is 447 g/mol. The van der Waals surface area contributed by atoms with Crippen LogP contribution < -0.4 is 16.4 Å². The van der Waals surface area contributed by atoms with Gasteiger partial charge in [0.25, 0.3) is 0 Å². The van der Waals surface area contributed by atoms with E-state index in [0.717, 1.165) is 41.8 Å². The van der Waals surface area contributed by atoms with Gasteiger partial charge in [0.2, 0.25) is 0 Å². The third kappa shape index (κ3) is 4.45. The van der Waals surface area contributed by atoms with Crippen molar-refractivity contribution in [2.45, 2.75) is 40.3 Å². The maximum Gasteiger partial charge on any atom is 0.0924 e. The molecule has 3 aromatic carbocycles. The van der Waals surface area contributed by atoms with Gasteiger partial charge in [-0.05, 0) is 72.0 Å². The second-order valence-electron chi connectivity index (χ2n) is 8.05. The van der Waals surface area contributed by atoms with Crippen LogP contribution in [0.25, 0.3) is 22.0 Å². The second-order valence-corrected chi connectivity index (χ2v) is 8.46. The fourth-order valence-corrected chi connectivity index (χ4v) is 4.20. The molecule has 0 aliphatic heterocycles. The van der Waals surface area contributed by atoms with E-state index in [0.29, 0.717) is 17.3 Å². The average Bonchev–Trinajstić information content (AvgIpc) is 3.21. The lowest BCUT2D eigenvalue weighted by molar-refractivity contribution is 0.723. The van der Waals surface area contributed by atoms with Crippen molar-refractivity contribution in [3.63, 3.8) is 0 Å². The number of anilines is 2. The zero-order valence-corrected chi connectivity index (χ0v) is 19.6. The zero-order chi connectivity index (χ0) is 22.7. The van der Waals surface area contributed by atoms with Gasteiger partial charge in [0.1, 0.15) is 0 Å². The molecule has 4 rings (SSSR count). The van der Waals surface area contributed by atoms with Crippen molar-refractivity contribution in [3.05, 3.63) is 75.9 Å². The van der Waals surface area contributed by atoms with Crippen molar-refractivity contribution in [1.82, 2.24) is 15.5 Å². The average molecular weight is 448 g/mol. The van der Waals surface area contributed by atoms with E-state index >= 15 is 0 Å². The third-order valence-corrected chi connectivity index (χ3v) is 6.33. The second kappa shape index (κ2) is 9.63. The van der Waals surface area contributed by atoms with Crippen molar-refractivity contribution >= 4 is 33.9 Å². The summed E-state index contributed by atoms with van der Waals surface area (Å²) in [5.74, 6) is 0. The number of rotatable bonds is 8. The molecule has 0 unspecified atom stereocenters. The maximum absolute atomic E-state index is 6.15. The lowest BCUT2D eigenvalue weighted by atomic mass is 9.92. The highest BCUT2D eigenvalue weighted by atomic mass is 35.5. The number of nitrogens with two attached hydrogens (primary N) is 1. The minimum absolute atomic E-state index is 0.548. The van der Waals surface area contributed by atoms with Crippen LogP contribution in [0.2, 0.25) is 5.02 Å². The van der Waals surface area contributed by atoms with Crippen LogP contribution >= 0.6 is 11.6 Å². The highest BCUT2D eigenvalue weighted by Gasteiger charge is 2.12. The summed E-state index contributed by atoms with van der Waals surface area (Å²) >= 11 is 6.15. The smallest absolute Gasteiger partial charge is 0.0924 e. The Labute approximate surface area is 194 Å². The van der Waals surface area contributed by atoms with Gasteiger partial charge in [-0.25, -0.2) is 0 Å². The number of fused-ring (bicyclic) bond motifs is 1. The predicted octanol–water partition coefficient (Wildman–Crippen LogP) is 6.06. The third-order valence-electron chi connectivity index (χ3n) is 6.00. The molecular weight excluding hydrogens is 418 g/mol. The summed E-state index contributed by atoms with van der Waals surface area (Å²) in [6.45, 7) is 8.97. The van der Waals surface area contributed by atoms with Gasteiger partial charge < -0.3 is 16.4 Å². The number of benzene rings is 3. The number of nitrogens with zero attached hydrogens (tertiary/aromatic N) is 1. The van der Waals surface area contributed by atoms with Crippen molar-refractivity contribution in [2.75, 3.05) is 17.6 Å². The molecule has 166 valence electrons. The van der Waals surface area contributed by atoms with Crippen LogP contribution in [-0.4, -0.2) is 16.7 Å². The Morgan fingerprint density at radius 1 is 1.06 bits per heavy atom. The topological polar surface area (TPSA) is 78.8 Å². The molecule has 0 saturated carbocycles. The molecule has 32 heavy (non-hydrogen) atoms. The van der Waals surface area contributed by atoms with Crippen LogP contribution in [0.5, 0.6) is 0 Å². The normalized spacial score (nSPS) is 11.2. The van der Waals surface area contributed by atoms with Gasteiger partial charge in [-0.15, -0.1) is 0 Å². The van der Waals surface area contributed by atoms with E-state index in [1.807, 2.05) is 12.1 Å². The van der Waals surface area contributed by atoms with Crippen LogP contribution in [0.15, 0.2) is 48.5 Å². The summed E-state index contributed by atoms with van der Waals surface area (Å²) in [6.07, 6.45) is 1.01. The number of nitrogen functional groups attached to an aromatic ring is 1. The quantitative estimate of drug-likeness (QED) is 0.247. The molecule has 5 N–H and O–H groups in total. The van der Waals surface area contributed by atoms with E-state index in [4.69, 9.17) is 17.3 Å². The van der Waals surface area contributed by atoms with Gasteiger partial charge in [0, 0.05) is 11.9 Å². The first-order valence-electron chi connectivity index (χ1n) is 11.1. The van der Waals surface area contributed by atoms with Crippen LogP contribution in [0.4, 0.5) is 11.4 Å². The van der Waals surface area contributed by atoms with Crippen molar-refractivity contribution in [1.29, 1.82) is 0 Å². The highest BCUT2D eigenvalue weighted by molar-refractivity contribution is 6.33. The molecule has 0 fully saturated rings. The van der Waals surface area contributed by atoms with E-state index in [9.17, 15) is 0 Å². The van der Waals surface area contributed by atoms with Gasteiger partial charge in [0.15, 0.2) is 0 Å². The standard InChI is InChI=1S/C26H30ClN5/c1-4-17-11-19(14-29-5-2)16(3)20(12-17)18-9-10-23-21(13-18)25(32-31-23)15-30-24-8-6-7-22(27)26(24)28/h6-13,29-30H,4-5,14-15,28H2,1-3H3,(H,31,32). The van der Waals surface area contributed by atoms with E-state index in [2.05, 4.69) is 71.9 Å². The molecular formula is C26H30ClN5. The summed E-state index contributed by atoms with van der Waals surface area (Å²) in [4.78, 5) is 0. The highest BCUT2D eigenvalue weighted by Crippen LogP contribution is 2.32. The molecule has 0 aliphatic rings. The number of nitrogens with one attached hydrogen (secondary N) is 3. The number of H-pyrrole nitrogens is 1. The first-order chi connectivity index (χ1) is 15.5. The molecule has 4 aromatic rings. The molecule has 1 aromatic heterocycles. The number of para-hydroxylation sites is 1. The molecule has 0 amide bonds.